The molecule has 1 aromatic carbocycles. The summed E-state index contributed by atoms with van der Waals surface area (Å²) < 4.78 is 55.2. The van der Waals surface area contributed by atoms with Crippen molar-refractivity contribution in [1.82, 2.24) is 31.1 Å². The van der Waals surface area contributed by atoms with Crippen LogP contribution in [0.5, 0.6) is 0 Å². The normalized spacial score (nSPS) is 25.7. The number of phosphoric acid groups is 2. The monoisotopic (exact) mass is 1190 g/mol. The molecule has 0 aromatic heterocycles. The standard InChI is InChI=1S/C54H89N7O18P2/c1-13-35(5)46-49(64)58-40(10)53(68)78-47(36(6)14-2)38(8)43(77-54(69)56-28-21-16-15-17-22-29-74-80(70,71)79-81(72,73)75-30-27-55)26-25-37(7)52(67)76-44(31-34(3)4)48(63)57-39(9)50(65)61(12)42(32-41-23-19-18-20-24-41)51(66)60(11)33-45(62)59-46/h14,18-20,23-25,34-35,38-40,42-44,46-47H,13,15-17,21-22,26-33,55H2,1-12H3,(H,56,69)(H,57,63)(H,58,64)(H,59,62)(H,70,71)(H,72,73)/b36-14+,37-25+/t35?,38-,39-,40+,42+,43-,44+,46-,47?/m0/s1. The second-order valence-electron chi connectivity index (χ2n) is 20.7. The number of nitrogens with one attached hydrogen (secondary N) is 4. The summed E-state index contributed by atoms with van der Waals surface area (Å²) in [7, 11) is -6.97. The summed E-state index contributed by atoms with van der Waals surface area (Å²) in [6.07, 6.45) is 1.76. The number of carbonyl (C=O) groups excluding carboxylic acids is 8. The molecule has 1 aromatic rings. The molecule has 0 saturated carbocycles. The van der Waals surface area contributed by atoms with Gasteiger partial charge in [-0.25, -0.2) is 23.5 Å². The van der Waals surface area contributed by atoms with Gasteiger partial charge in [-0.1, -0.05) is 103 Å². The van der Waals surface area contributed by atoms with Crippen LogP contribution in [0.3, 0.4) is 0 Å². The van der Waals surface area contributed by atoms with Gasteiger partial charge in [-0.15, -0.1) is 0 Å². The Kier molecular flexibility index (Phi) is 31.3. The number of ether oxygens (including phenoxy) is 3. The van der Waals surface area contributed by atoms with Gasteiger partial charge in [-0.2, -0.15) is 4.31 Å². The van der Waals surface area contributed by atoms with Gasteiger partial charge in [0.15, 0.2) is 6.10 Å². The maximum absolute atomic E-state index is 14.3. The summed E-state index contributed by atoms with van der Waals surface area (Å²) in [5, 5.41) is 10.8. The number of allylic oxidation sites excluding steroid dienone is 1. The van der Waals surface area contributed by atoms with Crippen molar-refractivity contribution < 1.29 is 84.8 Å². The lowest BCUT2D eigenvalue weighted by Crippen LogP contribution is -2.57. The second kappa shape index (κ2) is 35.5. The minimum Gasteiger partial charge on any atom is -0.456 e. The van der Waals surface area contributed by atoms with Gasteiger partial charge in [0.1, 0.15) is 36.4 Å². The van der Waals surface area contributed by atoms with Gasteiger partial charge in [0.2, 0.25) is 23.6 Å². The third-order valence-electron chi connectivity index (χ3n) is 13.5. The van der Waals surface area contributed by atoms with Crippen molar-refractivity contribution in [3.05, 3.63) is 59.2 Å². The van der Waals surface area contributed by atoms with E-state index in [9.17, 15) is 57.3 Å². The molecule has 6 amide bonds. The number of nitrogens with zero attached hydrogens (tertiary/aromatic N) is 2. The fourth-order valence-corrected chi connectivity index (χ4v) is 10.5. The second-order valence-corrected chi connectivity index (χ2v) is 23.8. The van der Waals surface area contributed by atoms with E-state index in [0.717, 1.165) is 4.90 Å². The van der Waals surface area contributed by atoms with Crippen molar-refractivity contribution >= 4 is 63.2 Å². The Morgan fingerprint density at radius 3 is 2.07 bits per heavy atom. The predicted octanol–water partition coefficient (Wildman–Crippen LogP) is 5.13. The molecule has 1 aliphatic heterocycles. The Balaban J connectivity index is 2.50. The lowest BCUT2D eigenvalue weighted by Gasteiger charge is -2.33. The molecular formula is C54H89N7O18P2. The lowest BCUT2D eigenvalue weighted by atomic mass is 9.90. The zero-order valence-electron chi connectivity index (χ0n) is 49.0. The molecule has 81 heavy (non-hydrogen) atoms. The molecule has 458 valence electrons. The van der Waals surface area contributed by atoms with Crippen molar-refractivity contribution in [3.63, 3.8) is 0 Å². The number of esters is 2. The Labute approximate surface area is 476 Å². The van der Waals surface area contributed by atoms with Gasteiger partial charge >= 0.3 is 33.7 Å². The van der Waals surface area contributed by atoms with Gasteiger partial charge in [-0.05, 0) is 76.9 Å². The molecule has 0 fully saturated rings. The molecular weight excluding hydrogens is 1100 g/mol. The van der Waals surface area contributed by atoms with E-state index in [0.29, 0.717) is 49.7 Å². The molecule has 4 unspecified atom stereocenters. The molecule has 0 aliphatic carbocycles. The highest BCUT2D eigenvalue weighted by Gasteiger charge is 2.39. The SMILES string of the molecule is C/C=C(\C)C1OC(=O)[C@@H](C)NC(=O)[C@H](C(C)CC)NC(=O)CN(C)C(=O)[C@@H](Cc2ccccc2)N(C)C(=O)[C@H](C)NC(=O)[C@@H](CC(C)C)OC(=O)/C(C)=C/C[C@H](OC(=O)NCCCCCCCOP(=O)(O)OP(=O)(O)OCCN)[C@@H]1C. The van der Waals surface area contributed by atoms with E-state index >= 15 is 0 Å². The van der Waals surface area contributed by atoms with Crippen molar-refractivity contribution in [2.24, 2.45) is 23.5 Å². The average molecular weight is 1190 g/mol. The van der Waals surface area contributed by atoms with Crippen molar-refractivity contribution in [2.75, 3.05) is 46.9 Å². The van der Waals surface area contributed by atoms with Gasteiger partial charge < -0.3 is 60.8 Å². The Morgan fingerprint density at radius 1 is 0.864 bits per heavy atom. The van der Waals surface area contributed by atoms with Crippen LogP contribution in [0, 0.1) is 17.8 Å². The molecule has 0 spiro atoms. The zero-order valence-corrected chi connectivity index (χ0v) is 50.8. The number of likely N-dealkylation sites (N-methyl/N-ethyl adjacent to an activating group) is 2. The Hall–Kier alpha value is -5.52. The van der Waals surface area contributed by atoms with Gasteiger partial charge in [0.25, 0.3) is 5.91 Å². The highest BCUT2D eigenvalue weighted by molar-refractivity contribution is 7.61. The van der Waals surface area contributed by atoms with Crippen LogP contribution in [0.1, 0.15) is 126 Å². The molecule has 25 nitrogen and oxygen atoms in total. The highest BCUT2D eigenvalue weighted by atomic mass is 31.3. The zero-order chi connectivity index (χ0) is 61.2. The van der Waals surface area contributed by atoms with Crippen LogP contribution in [0.25, 0.3) is 0 Å². The summed E-state index contributed by atoms with van der Waals surface area (Å²) in [6, 6.07) is 4.09. The maximum Gasteiger partial charge on any atom is 0.481 e. The van der Waals surface area contributed by atoms with E-state index < -0.39 is 124 Å². The summed E-state index contributed by atoms with van der Waals surface area (Å²) in [5.74, 6) is -6.59. The van der Waals surface area contributed by atoms with E-state index in [1.54, 1.807) is 64.1 Å². The minimum atomic E-state index is -4.90. The topological polar surface area (TPSA) is 347 Å². The summed E-state index contributed by atoms with van der Waals surface area (Å²) in [4.78, 5) is 133. The van der Waals surface area contributed by atoms with Crippen molar-refractivity contribution in [2.45, 2.75) is 170 Å². The van der Waals surface area contributed by atoms with Crippen LogP contribution in [-0.2, 0) is 76.7 Å². The first-order chi connectivity index (χ1) is 38.0. The van der Waals surface area contributed by atoms with E-state index in [2.05, 4.69) is 30.1 Å². The van der Waals surface area contributed by atoms with Crippen LogP contribution in [0.2, 0.25) is 0 Å². The first kappa shape index (κ1) is 71.6. The summed E-state index contributed by atoms with van der Waals surface area (Å²) in [5.41, 5.74) is 6.50. The first-order valence-electron chi connectivity index (χ1n) is 27.4. The molecule has 1 heterocycles. The van der Waals surface area contributed by atoms with Gasteiger partial charge in [-0.3, -0.25) is 33.0 Å². The van der Waals surface area contributed by atoms with E-state index in [1.807, 2.05) is 20.8 Å². The number of benzene rings is 1. The molecule has 1 aliphatic rings. The number of hydrogen-bond donors (Lipinski definition) is 7. The highest BCUT2D eigenvalue weighted by Crippen LogP contribution is 2.60. The number of unbranched alkanes of at least 4 members (excludes halogenated alkanes) is 4. The number of rotatable bonds is 22. The van der Waals surface area contributed by atoms with Crippen molar-refractivity contribution in [3.8, 4) is 0 Å². The first-order valence-corrected chi connectivity index (χ1v) is 30.4. The quantitative estimate of drug-likeness (QED) is 0.0260. The smallest absolute Gasteiger partial charge is 0.456 e. The van der Waals surface area contributed by atoms with Crippen LogP contribution in [0.4, 0.5) is 4.79 Å². The van der Waals surface area contributed by atoms with Crippen LogP contribution in [0.15, 0.2) is 53.6 Å². The molecule has 11 atom stereocenters. The van der Waals surface area contributed by atoms with Crippen molar-refractivity contribution in [1.29, 1.82) is 0 Å². The number of hydrogen-bond acceptors (Lipinski definition) is 17. The molecule has 0 radical (unpaired) electrons. The lowest BCUT2D eigenvalue weighted by molar-refractivity contribution is -0.155. The molecule has 0 bridgehead atoms. The van der Waals surface area contributed by atoms with Crippen LogP contribution >= 0.6 is 15.6 Å². The van der Waals surface area contributed by atoms with E-state index in [-0.39, 0.29) is 57.1 Å². The third-order valence-corrected chi connectivity index (χ3v) is 16.1. The molecule has 0 saturated heterocycles. The maximum atomic E-state index is 14.3. The number of nitrogens with two attached hydrogens (primary N) is 1. The van der Waals surface area contributed by atoms with E-state index in [1.165, 1.54) is 45.8 Å². The predicted molar refractivity (Wildman–Crippen MR) is 300 cm³/mol. The summed E-state index contributed by atoms with van der Waals surface area (Å²) in [6.45, 7) is 15.5. The number of carbonyl (C=O) groups is 8. The third kappa shape index (κ3) is 25.7. The molecule has 8 N–H and O–H groups in total. The van der Waals surface area contributed by atoms with Gasteiger partial charge in [0.05, 0.1) is 19.8 Å². The van der Waals surface area contributed by atoms with Crippen LogP contribution in [-0.4, -0.2) is 157 Å². The number of cyclic esters (lactones) is 2. The Morgan fingerprint density at radius 2 is 1.47 bits per heavy atom. The van der Waals surface area contributed by atoms with Gasteiger partial charge in [0, 0.05) is 51.5 Å². The fourth-order valence-electron chi connectivity index (χ4n) is 8.34. The fraction of sp³-hybridized carbons (Fsp3) is 0.667. The molecule has 2 rings (SSSR count). The van der Waals surface area contributed by atoms with E-state index in [4.69, 9.17) is 24.5 Å². The minimum absolute atomic E-state index is 0.0368. The Bertz CT molecular complexity index is 2410. The molecule has 27 heteroatoms. The van der Waals surface area contributed by atoms with Crippen LogP contribution < -0.4 is 27.0 Å². The average Bonchev–Trinajstić information content (AvgIpc) is 3.44. The number of amides is 6. The number of alkyl carbamates (subject to hydrolysis) is 1. The summed E-state index contributed by atoms with van der Waals surface area (Å²) >= 11 is 0. The largest absolute Gasteiger partial charge is 0.481 e. The number of phosphoric ester groups is 2.